The van der Waals surface area contributed by atoms with Crippen molar-refractivity contribution in [3.8, 4) is 11.5 Å². The summed E-state index contributed by atoms with van der Waals surface area (Å²) in [7, 11) is 3.36. The maximum Gasteiger partial charge on any atom is 0.161 e. The fourth-order valence-electron chi connectivity index (χ4n) is 3.90. The van der Waals surface area contributed by atoms with Crippen LogP contribution in [0, 0.1) is 5.92 Å². The zero-order valence-electron chi connectivity index (χ0n) is 15.2. The van der Waals surface area contributed by atoms with E-state index in [4.69, 9.17) is 9.47 Å². The second-order valence-electron chi connectivity index (χ2n) is 7.11. The molecule has 4 heteroatoms. The summed E-state index contributed by atoms with van der Waals surface area (Å²) in [6.45, 7) is 4.72. The van der Waals surface area contributed by atoms with Crippen LogP contribution in [0.15, 0.2) is 23.8 Å². The second-order valence-corrected chi connectivity index (χ2v) is 9.10. The normalized spacial score (nSPS) is 19.1. The van der Waals surface area contributed by atoms with Crippen molar-refractivity contribution in [2.24, 2.45) is 5.92 Å². The third-order valence-electron chi connectivity index (χ3n) is 5.09. The number of ether oxygens (including phenoxy) is 2. The van der Waals surface area contributed by atoms with Crippen LogP contribution in [0.4, 0.5) is 0 Å². The van der Waals surface area contributed by atoms with Gasteiger partial charge in [-0.2, -0.15) is 0 Å². The van der Waals surface area contributed by atoms with Crippen LogP contribution in [0.2, 0.25) is 0 Å². The summed E-state index contributed by atoms with van der Waals surface area (Å²) in [4.78, 5) is 2.59. The number of rotatable bonds is 5. The van der Waals surface area contributed by atoms with E-state index in [-0.39, 0.29) is 7.55 Å². The molecule has 0 aromatic heterocycles. The number of piperidine rings is 1. The number of methoxy groups -OCH3 is 2. The quantitative estimate of drug-likeness (QED) is 0.595. The molecule has 3 rings (SSSR count). The van der Waals surface area contributed by atoms with Crippen LogP contribution in [0.25, 0.3) is 0 Å². The van der Waals surface area contributed by atoms with Gasteiger partial charge in [0.15, 0.2) is 17.8 Å². The van der Waals surface area contributed by atoms with Crippen LogP contribution < -0.4 is 9.47 Å². The van der Waals surface area contributed by atoms with E-state index in [0.717, 1.165) is 30.3 Å². The van der Waals surface area contributed by atoms with Crippen LogP contribution in [0.3, 0.4) is 0 Å². The Kier molecular flexibility index (Phi) is 5.63. The average molecular weight is 346 g/mol. The van der Waals surface area contributed by atoms with Crippen LogP contribution in [0.1, 0.15) is 24.0 Å². The van der Waals surface area contributed by atoms with Gasteiger partial charge in [0.05, 0.1) is 34.7 Å². The third kappa shape index (κ3) is 4.02. The molecule has 130 valence electrons. The molecule has 1 heterocycles. The molecular weight excluding hydrogens is 317 g/mol. The summed E-state index contributed by atoms with van der Waals surface area (Å²) in [6, 6.07) is 4.30. The maximum atomic E-state index is 5.44. The van der Waals surface area contributed by atoms with Crippen molar-refractivity contribution < 1.29 is 9.47 Å². The van der Waals surface area contributed by atoms with Gasteiger partial charge in [-0.05, 0) is 54.9 Å². The summed E-state index contributed by atoms with van der Waals surface area (Å²) >= 11 is 0. The molecule has 1 saturated heterocycles. The van der Waals surface area contributed by atoms with Crippen molar-refractivity contribution in [2.75, 3.05) is 40.3 Å². The minimum atomic E-state index is -0.0550. The van der Waals surface area contributed by atoms with E-state index in [2.05, 4.69) is 36.1 Å². The molecular formula is C20H29NO2P+. The summed E-state index contributed by atoms with van der Waals surface area (Å²) in [5.41, 5.74) is 4.35. The van der Waals surface area contributed by atoms with Gasteiger partial charge in [0.25, 0.3) is 0 Å². The zero-order chi connectivity index (χ0) is 17.1. The number of nitrogens with zero attached hydrogens (tertiary/aromatic N) is 1. The lowest BCUT2D eigenvalue weighted by Gasteiger charge is -2.28. The van der Waals surface area contributed by atoms with Crippen molar-refractivity contribution in [3.63, 3.8) is 0 Å². The lowest BCUT2D eigenvalue weighted by molar-refractivity contribution is 0.233. The number of likely N-dealkylation sites (tertiary alicyclic amines) is 1. The Balaban J connectivity index is 1.63. The Labute approximate surface area is 147 Å². The monoisotopic (exact) mass is 346 g/mol. The molecule has 24 heavy (non-hydrogen) atoms. The number of allylic oxidation sites excluding steroid dienone is 2. The number of fused-ring (bicyclic) bond motifs is 1. The number of benzene rings is 1. The summed E-state index contributed by atoms with van der Waals surface area (Å²) in [5, 5.41) is 0. The van der Waals surface area contributed by atoms with E-state index in [1.165, 1.54) is 43.3 Å². The molecule has 3 nitrogen and oxygen atoms in total. The zero-order valence-corrected chi connectivity index (χ0v) is 16.1. The van der Waals surface area contributed by atoms with E-state index >= 15 is 0 Å². The summed E-state index contributed by atoms with van der Waals surface area (Å²) in [5.74, 6) is 2.42. The highest BCUT2D eigenvalue weighted by atomic mass is 31.1. The van der Waals surface area contributed by atoms with E-state index in [1.54, 1.807) is 19.8 Å². The molecule has 1 aliphatic carbocycles. The van der Waals surface area contributed by atoms with Gasteiger partial charge in [0, 0.05) is 13.1 Å². The largest absolute Gasteiger partial charge is 0.493 e. The van der Waals surface area contributed by atoms with Gasteiger partial charge in [-0.1, -0.05) is 11.6 Å². The van der Waals surface area contributed by atoms with E-state index in [1.807, 2.05) is 0 Å². The first kappa shape index (κ1) is 17.5. The molecule has 1 atom stereocenters. The molecule has 0 N–H and O–H groups in total. The molecule has 1 fully saturated rings. The van der Waals surface area contributed by atoms with Gasteiger partial charge in [-0.3, -0.25) is 4.90 Å². The molecule has 0 spiro atoms. The fraction of sp³-hybridized carbons (Fsp3) is 0.550. The summed E-state index contributed by atoms with van der Waals surface area (Å²) in [6.07, 6.45) is 12.6. The second kappa shape index (κ2) is 7.72. The molecule has 0 radical (unpaired) electrons. The third-order valence-corrected chi connectivity index (χ3v) is 5.97. The fourth-order valence-corrected chi connectivity index (χ4v) is 4.86. The van der Waals surface area contributed by atoms with Crippen LogP contribution in [-0.2, 0) is 12.8 Å². The van der Waals surface area contributed by atoms with Gasteiger partial charge >= 0.3 is 0 Å². The first-order chi connectivity index (χ1) is 11.6. The highest BCUT2D eigenvalue weighted by Gasteiger charge is 2.23. The highest BCUT2D eigenvalue weighted by Crippen LogP contribution is 2.37. The first-order valence-electron chi connectivity index (χ1n) is 8.76. The lowest BCUT2D eigenvalue weighted by Crippen LogP contribution is -2.32. The topological polar surface area (TPSA) is 21.7 Å². The molecule has 1 aromatic rings. The van der Waals surface area contributed by atoms with Gasteiger partial charge in [0.2, 0.25) is 0 Å². The minimum Gasteiger partial charge on any atom is -0.493 e. The SMILES string of the molecule is C=[P+](C)CN1CCC(C=C2Cc3cc(OC)c(OC)cc3C2)CC1. The van der Waals surface area contributed by atoms with Crippen molar-refractivity contribution in [3.05, 3.63) is 34.9 Å². The average Bonchev–Trinajstić information content (AvgIpc) is 2.95. The van der Waals surface area contributed by atoms with E-state index in [9.17, 15) is 0 Å². The van der Waals surface area contributed by atoms with Gasteiger partial charge in [0.1, 0.15) is 0 Å². The Morgan fingerprint density at radius 3 is 2.12 bits per heavy atom. The molecule has 1 unspecified atom stereocenters. The van der Waals surface area contributed by atoms with Crippen molar-refractivity contribution in [1.29, 1.82) is 0 Å². The van der Waals surface area contributed by atoms with E-state index in [0.29, 0.717) is 0 Å². The molecule has 1 aromatic carbocycles. The molecule has 0 saturated carbocycles. The highest BCUT2D eigenvalue weighted by molar-refractivity contribution is 7.54. The molecule has 0 amide bonds. The van der Waals surface area contributed by atoms with Crippen molar-refractivity contribution >= 4 is 13.8 Å². The maximum absolute atomic E-state index is 5.44. The first-order valence-corrected chi connectivity index (χ1v) is 10.9. The Morgan fingerprint density at radius 2 is 1.67 bits per heavy atom. The van der Waals surface area contributed by atoms with Gasteiger partial charge < -0.3 is 9.47 Å². The predicted octanol–water partition coefficient (Wildman–Crippen LogP) is 3.94. The number of hydrogen-bond acceptors (Lipinski definition) is 3. The van der Waals surface area contributed by atoms with Gasteiger partial charge in [-0.25, -0.2) is 0 Å². The van der Waals surface area contributed by atoms with E-state index < -0.39 is 0 Å². The van der Waals surface area contributed by atoms with Gasteiger partial charge in [-0.15, -0.1) is 0 Å². The van der Waals surface area contributed by atoms with Crippen LogP contribution in [-0.4, -0.2) is 51.5 Å². The Hall–Kier alpha value is -1.31. The Morgan fingerprint density at radius 1 is 1.12 bits per heavy atom. The smallest absolute Gasteiger partial charge is 0.161 e. The predicted molar refractivity (Wildman–Crippen MR) is 104 cm³/mol. The molecule has 2 aliphatic rings. The molecule has 0 bridgehead atoms. The van der Waals surface area contributed by atoms with Crippen molar-refractivity contribution in [2.45, 2.75) is 25.7 Å². The lowest BCUT2D eigenvalue weighted by atomic mass is 9.94. The van der Waals surface area contributed by atoms with Crippen LogP contribution in [0.5, 0.6) is 11.5 Å². The Bertz CT molecular complexity index is 610. The summed E-state index contributed by atoms with van der Waals surface area (Å²) < 4.78 is 10.9. The number of hydrogen-bond donors (Lipinski definition) is 0. The standard InChI is InChI=1S/C20H29NO2P/c1-22-19-12-17-10-16(11-18(17)13-20(19)23-2)9-15-5-7-21(8-6-15)14-24(3)4/h9,12-13,15H,3,5-8,10-11,14H2,1-2,4H3/q+1. The van der Waals surface area contributed by atoms with Crippen molar-refractivity contribution in [1.82, 2.24) is 4.90 Å². The van der Waals surface area contributed by atoms with Crippen LogP contribution >= 0.6 is 7.55 Å². The minimum absolute atomic E-state index is 0.0550. The molecule has 1 aliphatic heterocycles.